The summed E-state index contributed by atoms with van der Waals surface area (Å²) in [7, 11) is 0. The van der Waals surface area contributed by atoms with Gasteiger partial charge in [-0.1, -0.05) is 11.6 Å². The van der Waals surface area contributed by atoms with Crippen LogP contribution in [0.3, 0.4) is 0 Å². The van der Waals surface area contributed by atoms with Gasteiger partial charge in [-0.2, -0.15) is 0 Å². The fourth-order valence-corrected chi connectivity index (χ4v) is 2.69. The van der Waals surface area contributed by atoms with Crippen LogP contribution in [-0.4, -0.2) is 38.3 Å². The number of hydrogen-bond acceptors (Lipinski definition) is 3. The highest BCUT2D eigenvalue weighted by Crippen LogP contribution is 2.17. The maximum absolute atomic E-state index is 12.1. The molecule has 0 atom stereocenters. The Balaban J connectivity index is 1.73. The molecule has 0 saturated carbocycles. The fraction of sp³-hybridized carbons (Fsp3) is 0.533. The highest BCUT2D eigenvalue weighted by molar-refractivity contribution is 9.10. The lowest BCUT2D eigenvalue weighted by Crippen LogP contribution is -2.34. The number of hydrogen-bond donors (Lipinski definition) is 2. The van der Waals surface area contributed by atoms with Gasteiger partial charge in [0, 0.05) is 11.0 Å². The average Bonchev–Trinajstić information content (AvgIpc) is 2.47. The first-order chi connectivity index (χ1) is 9.66. The second-order valence-electron chi connectivity index (χ2n) is 5.06. The second-order valence-corrected chi connectivity index (χ2v) is 5.91. The van der Waals surface area contributed by atoms with Crippen molar-refractivity contribution in [1.82, 2.24) is 10.6 Å². The molecule has 0 spiro atoms. The van der Waals surface area contributed by atoms with E-state index in [9.17, 15) is 4.79 Å². The van der Waals surface area contributed by atoms with Crippen LogP contribution in [0.5, 0.6) is 0 Å². The number of carbonyl (C=O) groups is 1. The SMILES string of the molecule is Cc1ccc(Br)c(C(=O)NCCOC2CCNCC2)c1. The number of aryl methyl sites for hydroxylation is 1. The largest absolute Gasteiger partial charge is 0.376 e. The number of halogens is 1. The van der Waals surface area contributed by atoms with E-state index in [1.165, 1.54) is 0 Å². The second kappa shape index (κ2) is 7.76. The maximum atomic E-state index is 12.1. The van der Waals surface area contributed by atoms with Crippen LogP contribution < -0.4 is 10.6 Å². The van der Waals surface area contributed by atoms with Gasteiger partial charge in [-0.15, -0.1) is 0 Å². The van der Waals surface area contributed by atoms with E-state index in [2.05, 4.69) is 26.6 Å². The van der Waals surface area contributed by atoms with E-state index < -0.39 is 0 Å². The van der Waals surface area contributed by atoms with Gasteiger partial charge in [-0.05, 0) is 60.9 Å². The topological polar surface area (TPSA) is 50.4 Å². The molecule has 1 heterocycles. The molecule has 1 amide bonds. The van der Waals surface area contributed by atoms with Crippen molar-refractivity contribution in [2.45, 2.75) is 25.9 Å². The van der Waals surface area contributed by atoms with Crippen molar-refractivity contribution in [3.05, 3.63) is 33.8 Å². The average molecular weight is 341 g/mol. The number of piperidine rings is 1. The lowest BCUT2D eigenvalue weighted by molar-refractivity contribution is 0.0343. The zero-order valence-electron chi connectivity index (χ0n) is 11.7. The quantitative estimate of drug-likeness (QED) is 0.808. The van der Waals surface area contributed by atoms with Crippen LogP contribution in [0.1, 0.15) is 28.8 Å². The van der Waals surface area contributed by atoms with Crippen molar-refractivity contribution < 1.29 is 9.53 Å². The van der Waals surface area contributed by atoms with Crippen molar-refractivity contribution in [1.29, 1.82) is 0 Å². The third-order valence-electron chi connectivity index (χ3n) is 3.39. The number of benzene rings is 1. The molecule has 20 heavy (non-hydrogen) atoms. The zero-order valence-corrected chi connectivity index (χ0v) is 13.3. The van der Waals surface area contributed by atoms with E-state index in [-0.39, 0.29) is 5.91 Å². The molecule has 1 saturated heterocycles. The van der Waals surface area contributed by atoms with Gasteiger partial charge in [0.25, 0.3) is 5.91 Å². The van der Waals surface area contributed by atoms with Crippen LogP contribution in [-0.2, 0) is 4.74 Å². The molecule has 1 aromatic carbocycles. The number of nitrogens with one attached hydrogen (secondary N) is 2. The minimum Gasteiger partial charge on any atom is -0.376 e. The van der Waals surface area contributed by atoms with Crippen molar-refractivity contribution in [3.63, 3.8) is 0 Å². The van der Waals surface area contributed by atoms with Gasteiger partial charge >= 0.3 is 0 Å². The zero-order chi connectivity index (χ0) is 14.4. The highest BCUT2D eigenvalue weighted by Gasteiger charge is 2.13. The minimum atomic E-state index is -0.0607. The van der Waals surface area contributed by atoms with E-state index in [1.54, 1.807) is 0 Å². The molecule has 0 aromatic heterocycles. The normalized spacial score (nSPS) is 16.1. The molecule has 5 heteroatoms. The Morgan fingerprint density at radius 3 is 2.95 bits per heavy atom. The van der Waals surface area contributed by atoms with Crippen molar-refractivity contribution in [2.24, 2.45) is 0 Å². The third kappa shape index (κ3) is 4.58. The number of amides is 1. The number of ether oxygens (including phenoxy) is 1. The van der Waals surface area contributed by atoms with E-state index in [1.807, 2.05) is 25.1 Å². The van der Waals surface area contributed by atoms with Gasteiger partial charge in [-0.3, -0.25) is 4.79 Å². The smallest absolute Gasteiger partial charge is 0.252 e. The van der Waals surface area contributed by atoms with Crippen LogP contribution in [0.4, 0.5) is 0 Å². The molecule has 1 aromatic rings. The van der Waals surface area contributed by atoms with Crippen molar-refractivity contribution >= 4 is 21.8 Å². The minimum absolute atomic E-state index is 0.0607. The summed E-state index contributed by atoms with van der Waals surface area (Å²) in [4.78, 5) is 12.1. The van der Waals surface area contributed by atoms with Gasteiger partial charge in [0.1, 0.15) is 0 Å². The van der Waals surface area contributed by atoms with E-state index in [4.69, 9.17) is 4.74 Å². The molecule has 2 rings (SSSR count). The predicted molar refractivity (Wildman–Crippen MR) is 83.1 cm³/mol. The Morgan fingerprint density at radius 2 is 2.20 bits per heavy atom. The van der Waals surface area contributed by atoms with E-state index in [0.29, 0.717) is 24.8 Å². The first-order valence-corrected chi connectivity index (χ1v) is 7.83. The summed E-state index contributed by atoms with van der Waals surface area (Å²) < 4.78 is 6.58. The summed E-state index contributed by atoms with van der Waals surface area (Å²) in [6.45, 7) is 5.13. The first-order valence-electron chi connectivity index (χ1n) is 7.03. The Hall–Kier alpha value is -0.910. The monoisotopic (exact) mass is 340 g/mol. The third-order valence-corrected chi connectivity index (χ3v) is 4.09. The van der Waals surface area contributed by atoms with Crippen molar-refractivity contribution in [3.8, 4) is 0 Å². The Labute approximate surface area is 128 Å². The lowest BCUT2D eigenvalue weighted by Gasteiger charge is -2.22. The van der Waals surface area contributed by atoms with E-state index >= 15 is 0 Å². The molecule has 0 radical (unpaired) electrons. The lowest BCUT2D eigenvalue weighted by atomic mass is 10.1. The summed E-state index contributed by atoms with van der Waals surface area (Å²) in [5.74, 6) is -0.0607. The summed E-state index contributed by atoms with van der Waals surface area (Å²) in [6.07, 6.45) is 2.44. The van der Waals surface area contributed by atoms with Gasteiger partial charge < -0.3 is 15.4 Å². The molecule has 1 aliphatic heterocycles. The highest BCUT2D eigenvalue weighted by atomic mass is 79.9. The molecule has 1 aliphatic rings. The Bertz CT molecular complexity index is 459. The van der Waals surface area contributed by atoms with Crippen LogP contribution in [0.2, 0.25) is 0 Å². The standard InChI is InChI=1S/C15H21BrN2O2/c1-11-2-3-14(16)13(10-11)15(19)18-8-9-20-12-4-6-17-7-5-12/h2-3,10,12,17H,4-9H2,1H3,(H,18,19). The Kier molecular flexibility index (Phi) is 6.01. The van der Waals surface area contributed by atoms with Gasteiger partial charge in [0.15, 0.2) is 0 Å². The van der Waals surface area contributed by atoms with Gasteiger partial charge in [-0.25, -0.2) is 0 Å². The molecular formula is C15H21BrN2O2. The van der Waals surface area contributed by atoms with Gasteiger partial charge in [0.05, 0.1) is 18.3 Å². The molecular weight excluding hydrogens is 320 g/mol. The summed E-state index contributed by atoms with van der Waals surface area (Å²) >= 11 is 3.40. The molecule has 0 bridgehead atoms. The van der Waals surface area contributed by atoms with Crippen LogP contribution in [0.15, 0.2) is 22.7 Å². The summed E-state index contributed by atoms with van der Waals surface area (Å²) in [5, 5.41) is 6.20. The van der Waals surface area contributed by atoms with E-state index in [0.717, 1.165) is 36.0 Å². The molecule has 0 unspecified atom stereocenters. The summed E-state index contributed by atoms with van der Waals surface area (Å²) in [6, 6.07) is 5.75. The molecule has 2 N–H and O–H groups in total. The maximum Gasteiger partial charge on any atom is 0.252 e. The van der Waals surface area contributed by atoms with Crippen LogP contribution >= 0.6 is 15.9 Å². The fourth-order valence-electron chi connectivity index (χ4n) is 2.26. The number of carbonyl (C=O) groups excluding carboxylic acids is 1. The first kappa shape index (κ1) is 15.5. The van der Waals surface area contributed by atoms with Gasteiger partial charge in [0.2, 0.25) is 0 Å². The summed E-state index contributed by atoms with van der Waals surface area (Å²) in [5.41, 5.74) is 1.75. The van der Waals surface area contributed by atoms with Crippen LogP contribution in [0.25, 0.3) is 0 Å². The molecule has 4 nitrogen and oxygen atoms in total. The predicted octanol–water partition coefficient (Wildman–Crippen LogP) is 2.26. The van der Waals surface area contributed by atoms with Crippen molar-refractivity contribution in [2.75, 3.05) is 26.2 Å². The molecule has 1 fully saturated rings. The molecule has 0 aliphatic carbocycles. The number of rotatable bonds is 5. The van der Waals surface area contributed by atoms with Crippen LogP contribution in [0, 0.1) is 6.92 Å². The Morgan fingerprint density at radius 1 is 1.45 bits per heavy atom. The molecule has 110 valence electrons.